The summed E-state index contributed by atoms with van der Waals surface area (Å²) in [6, 6.07) is 7.07. The van der Waals surface area contributed by atoms with Crippen molar-refractivity contribution in [1.82, 2.24) is 10.3 Å². The van der Waals surface area contributed by atoms with Gasteiger partial charge in [-0.3, -0.25) is 4.79 Å². The van der Waals surface area contributed by atoms with E-state index in [9.17, 15) is 14.0 Å². The first-order valence-electron chi connectivity index (χ1n) is 6.70. The van der Waals surface area contributed by atoms with E-state index in [0.29, 0.717) is 11.4 Å². The van der Waals surface area contributed by atoms with Crippen molar-refractivity contribution >= 4 is 17.6 Å². The minimum Gasteiger partial charge on any atom is -0.439 e. The van der Waals surface area contributed by atoms with E-state index in [0.717, 1.165) is 0 Å². The van der Waals surface area contributed by atoms with Crippen molar-refractivity contribution < 1.29 is 18.7 Å². The number of nitrogens with two attached hydrogens (primary N) is 1. The molecule has 2 aromatic rings. The molecule has 0 radical (unpaired) electrons. The van der Waals surface area contributed by atoms with Crippen molar-refractivity contribution in [1.29, 1.82) is 0 Å². The number of carbonyl (C=O) groups excluding carboxylic acids is 2. The molecule has 0 spiro atoms. The molecule has 8 heteroatoms. The van der Waals surface area contributed by atoms with Gasteiger partial charge in [0.15, 0.2) is 0 Å². The van der Waals surface area contributed by atoms with Gasteiger partial charge < -0.3 is 21.1 Å². The Kier molecular flexibility index (Phi) is 5.08. The molecular weight excluding hydrogens is 303 g/mol. The summed E-state index contributed by atoms with van der Waals surface area (Å²) in [5, 5.41) is 4.83. The fourth-order valence-electron chi connectivity index (χ4n) is 1.67. The largest absolute Gasteiger partial charge is 0.439 e. The molecule has 0 aliphatic rings. The van der Waals surface area contributed by atoms with Crippen molar-refractivity contribution in [2.24, 2.45) is 5.73 Å². The number of rotatable bonds is 5. The van der Waals surface area contributed by atoms with Gasteiger partial charge in [-0.15, -0.1) is 0 Å². The van der Waals surface area contributed by atoms with Crippen molar-refractivity contribution in [2.45, 2.75) is 13.0 Å². The monoisotopic (exact) mass is 318 g/mol. The molecule has 0 bridgehead atoms. The number of nitrogens with one attached hydrogen (secondary N) is 2. The number of halogens is 1. The van der Waals surface area contributed by atoms with Crippen LogP contribution >= 0.6 is 0 Å². The molecule has 23 heavy (non-hydrogen) atoms. The summed E-state index contributed by atoms with van der Waals surface area (Å²) in [6.45, 7) is 1.50. The molecule has 0 saturated carbocycles. The van der Waals surface area contributed by atoms with E-state index in [4.69, 9.17) is 10.5 Å². The highest BCUT2D eigenvalue weighted by Gasteiger charge is 2.14. The highest BCUT2D eigenvalue weighted by atomic mass is 19.1. The third-order valence-corrected chi connectivity index (χ3v) is 2.79. The molecular formula is C15H15FN4O3. The first kappa shape index (κ1) is 16.2. The third-order valence-electron chi connectivity index (χ3n) is 2.79. The lowest BCUT2D eigenvalue weighted by molar-refractivity contribution is -0.117. The summed E-state index contributed by atoms with van der Waals surface area (Å²) >= 11 is 0. The number of anilines is 1. The van der Waals surface area contributed by atoms with E-state index in [1.165, 1.54) is 37.4 Å². The topological polar surface area (TPSA) is 106 Å². The fourth-order valence-corrected chi connectivity index (χ4v) is 1.67. The van der Waals surface area contributed by atoms with Crippen LogP contribution < -0.4 is 21.1 Å². The van der Waals surface area contributed by atoms with Gasteiger partial charge in [0.1, 0.15) is 17.6 Å². The zero-order chi connectivity index (χ0) is 16.8. The second kappa shape index (κ2) is 7.21. The van der Waals surface area contributed by atoms with Crippen molar-refractivity contribution in [2.75, 3.05) is 5.32 Å². The standard InChI is InChI=1S/C15H15FN4O3/c1-9(19-15(17)22)14(21)20-11-4-7-13(18-8-11)23-12-5-2-10(16)3-6-12/h2-9H,1H3,(H,20,21)(H3,17,19,22)/t9-/m0/s1. The van der Waals surface area contributed by atoms with Crippen molar-refractivity contribution in [3.63, 3.8) is 0 Å². The van der Waals surface area contributed by atoms with E-state index in [1.54, 1.807) is 12.1 Å². The molecule has 7 nitrogen and oxygen atoms in total. The zero-order valence-electron chi connectivity index (χ0n) is 12.2. The molecule has 1 aromatic carbocycles. The maximum Gasteiger partial charge on any atom is 0.312 e. The Labute approximate surface area is 131 Å². The van der Waals surface area contributed by atoms with Gasteiger partial charge in [-0.2, -0.15) is 0 Å². The summed E-state index contributed by atoms with van der Waals surface area (Å²) in [7, 11) is 0. The quantitative estimate of drug-likeness (QED) is 0.784. The molecule has 0 unspecified atom stereocenters. The lowest BCUT2D eigenvalue weighted by Crippen LogP contribution is -2.44. The smallest absolute Gasteiger partial charge is 0.312 e. The molecule has 2 rings (SSSR count). The van der Waals surface area contributed by atoms with E-state index < -0.39 is 18.0 Å². The Morgan fingerprint density at radius 3 is 2.48 bits per heavy atom. The average molecular weight is 318 g/mol. The van der Waals surface area contributed by atoms with Gasteiger partial charge in [0.05, 0.1) is 11.9 Å². The Morgan fingerprint density at radius 1 is 1.22 bits per heavy atom. The molecule has 120 valence electrons. The van der Waals surface area contributed by atoms with Gasteiger partial charge >= 0.3 is 6.03 Å². The minimum absolute atomic E-state index is 0.290. The SMILES string of the molecule is C[C@H](NC(N)=O)C(=O)Nc1ccc(Oc2ccc(F)cc2)nc1. The van der Waals surface area contributed by atoms with Crippen LogP contribution in [0.15, 0.2) is 42.6 Å². The highest BCUT2D eigenvalue weighted by Crippen LogP contribution is 2.20. The Hall–Kier alpha value is -3.16. The molecule has 1 heterocycles. The van der Waals surface area contributed by atoms with Crippen LogP contribution in [0, 0.1) is 5.82 Å². The fraction of sp³-hybridized carbons (Fsp3) is 0.133. The van der Waals surface area contributed by atoms with Gasteiger partial charge in [0.2, 0.25) is 11.8 Å². The lowest BCUT2D eigenvalue weighted by atomic mass is 10.3. The van der Waals surface area contributed by atoms with Crippen LogP contribution in [-0.4, -0.2) is 23.0 Å². The molecule has 0 aliphatic carbocycles. The van der Waals surface area contributed by atoms with Crippen LogP contribution in [-0.2, 0) is 4.79 Å². The van der Waals surface area contributed by atoms with Crippen LogP contribution in [0.2, 0.25) is 0 Å². The number of hydrogen-bond donors (Lipinski definition) is 3. The summed E-state index contributed by atoms with van der Waals surface area (Å²) in [4.78, 5) is 26.5. The number of nitrogens with zero attached hydrogens (tertiary/aromatic N) is 1. The molecule has 1 atom stereocenters. The van der Waals surface area contributed by atoms with Crippen LogP contribution in [0.1, 0.15) is 6.92 Å². The molecule has 1 aromatic heterocycles. The zero-order valence-corrected chi connectivity index (χ0v) is 12.2. The number of carbonyl (C=O) groups is 2. The summed E-state index contributed by atoms with van der Waals surface area (Å²) in [6.07, 6.45) is 1.40. The molecule has 3 amide bonds. The summed E-state index contributed by atoms with van der Waals surface area (Å²) in [5.74, 6) is -0.0623. The average Bonchev–Trinajstić information content (AvgIpc) is 2.51. The number of benzene rings is 1. The maximum absolute atomic E-state index is 12.8. The number of amides is 3. The second-order valence-electron chi connectivity index (χ2n) is 4.66. The normalized spacial score (nSPS) is 11.4. The van der Waals surface area contributed by atoms with Crippen LogP contribution in [0.25, 0.3) is 0 Å². The highest BCUT2D eigenvalue weighted by molar-refractivity contribution is 5.96. The van der Waals surface area contributed by atoms with E-state index in [1.807, 2.05) is 0 Å². The number of urea groups is 1. The lowest BCUT2D eigenvalue weighted by Gasteiger charge is -2.12. The predicted molar refractivity (Wildman–Crippen MR) is 81.5 cm³/mol. The second-order valence-corrected chi connectivity index (χ2v) is 4.66. The van der Waals surface area contributed by atoms with Crippen LogP contribution in [0.4, 0.5) is 14.9 Å². The number of aromatic nitrogens is 1. The first-order chi connectivity index (χ1) is 10.9. The van der Waals surface area contributed by atoms with Gasteiger partial charge in [-0.1, -0.05) is 0 Å². The molecule has 0 fully saturated rings. The van der Waals surface area contributed by atoms with Gasteiger partial charge in [-0.05, 0) is 37.3 Å². The number of primary amides is 1. The van der Waals surface area contributed by atoms with Gasteiger partial charge in [0.25, 0.3) is 0 Å². The summed E-state index contributed by atoms with van der Waals surface area (Å²) < 4.78 is 18.2. The Morgan fingerprint density at radius 2 is 1.91 bits per heavy atom. The predicted octanol–water partition coefficient (Wildman–Crippen LogP) is 2.01. The van der Waals surface area contributed by atoms with Crippen LogP contribution in [0.5, 0.6) is 11.6 Å². The van der Waals surface area contributed by atoms with E-state index in [-0.39, 0.29) is 11.7 Å². The number of hydrogen-bond acceptors (Lipinski definition) is 4. The number of pyridine rings is 1. The molecule has 4 N–H and O–H groups in total. The minimum atomic E-state index is -0.783. The van der Waals surface area contributed by atoms with E-state index >= 15 is 0 Å². The Bertz CT molecular complexity index is 689. The molecule has 0 saturated heterocycles. The van der Waals surface area contributed by atoms with Crippen molar-refractivity contribution in [3.8, 4) is 11.6 Å². The summed E-state index contributed by atoms with van der Waals surface area (Å²) in [5.41, 5.74) is 5.37. The van der Waals surface area contributed by atoms with Crippen LogP contribution in [0.3, 0.4) is 0 Å². The Balaban J connectivity index is 1.95. The number of ether oxygens (including phenoxy) is 1. The van der Waals surface area contributed by atoms with Gasteiger partial charge in [-0.25, -0.2) is 14.2 Å². The van der Waals surface area contributed by atoms with Gasteiger partial charge in [0, 0.05) is 6.07 Å². The third kappa shape index (κ3) is 4.95. The maximum atomic E-state index is 12.8. The van der Waals surface area contributed by atoms with Crippen molar-refractivity contribution in [3.05, 3.63) is 48.4 Å². The molecule has 0 aliphatic heterocycles. The van der Waals surface area contributed by atoms with E-state index in [2.05, 4.69) is 15.6 Å². The first-order valence-corrected chi connectivity index (χ1v) is 6.70.